The summed E-state index contributed by atoms with van der Waals surface area (Å²) in [4.78, 5) is 1.39. The fourth-order valence-corrected chi connectivity index (χ4v) is 3.67. The van der Waals surface area contributed by atoms with E-state index in [1.54, 1.807) is 13.2 Å². The second-order valence-electron chi connectivity index (χ2n) is 4.89. The number of benzene rings is 2. The number of aromatic hydroxyl groups is 1. The maximum atomic E-state index is 9.63. The van der Waals surface area contributed by atoms with Crippen molar-refractivity contribution < 1.29 is 9.84 Å². The fourth-order valence-electron chi connectivity index (χ4n) is 2.17. The summed E-state index contributed by atoms with van der Waals surface area (Å²) in [5, 5.41) is 10.2. The van der Waals surface area contributed by atoms with Crippen molar-refractivity contribution in [2.24, 2.45) is 0 Å². The van der Waals surface area contributed by atoms with E-state index in [9.17, 15) is 5.11 Å². The molecule has 0 heterocycles. The van der Waals surface area contributed by atoms with Crippen LogP contribution in [0.3, 0.4) is 0 Å². The first-order valence-corrected chi connectivity index (χ1v) is 8.37. The zero-order chi connectivity index (χ0) is 14.5. The number of rotatable bonds is 5. The normalized spacial score (nSPS) is 13.8. The van der Waals surface area contributed by atoms with Crippen LogP contribution < -0.4 is 4.74 Å². The lowest BCUT2D eigenvalue weighted by Gasteiger charge is -2.13. The van der Waals surface area contributed by atoms with Gasteiger partial charge in [0.2, 0.25) is 0 Å². The minimum absolute atomic E-state index is 0.197. The van der Waals surface area contributed by atoms with Gasteiger partial charge >= 0.3 is 0 Å². The Morgan fingerprint density at radius 3 is 2.50 bits per heavy atom. The largest absolute Gasteiger partial charge is 0.504 e. The van der Waals surface area contributed by atoms with Crippen LogP contribution in [0.2, 0.25) is 0 Å². The smallest absolute Gasteiger partial charge is 0.160 e. The maximum absolute atomic E-state index is 9.63. The first kappa shape index (κ1) is 14.8. The molecular weight excluding hydrogens is 268 g/mol. The van der Waals surface area contributed by atoms with Crippen molar-refractivity contribution in [1.82, 2.24) is 0 Å². The standard InChI is InChI=1S/C17H20O2S/c1-13(20(3)15-7-5-4-6-8-15)11-14-9-10-16(18)17(12-14)19-2/h4-10,12-13H,11H2,1-3H3/p+1. The predicted octanol–water partition coefficient (Wildman–Crippen LogP) is 3.64. The van der Waals surface area contributed by atoms with Crippen LogP contribution in [0.15, 0.2) is 53.4 Å². The summed E-state index contributed by atoms with van der Waals surface area (Å²) in [5.74, 6) is 0.743. The molecule has 0 aliphatic carbocycles. The molecule has 0 amide bonds. The Balaban J connectivity index is 2.09. The van der Waals surface area contributed by atoms with E-state index in [0.29, 0.717) is 11.0 Å². The Morgan fingerprint density at radius 1 is 1.15 bits per heavy atom. The Labute approximate surface area is 123 Å². The molecule has 2 rings (SSSR count). The number of ether oxygens (including phenoxy) is 1. The number of hydrogen-bond acceptors (Lipinski definition) is 2. The molecule has 0 aliphatic rings. The molecular formula is C17H21O2S+. The molecule has 0 radical (unpaired) electrons. The van der Waals surface area contributed by atoms with Crippen molar-refractivity contribution in [1.29, 1.82) is 0 Å². The predicted molar refractivity (Wildman–Crippen MR) is 85.8 cm³/mol. The van der Waals surface area contributed by atoms with Crippen LogP contribution in [0.5, 0.6) is 11.5 Å². The molecule has 106 valence electrons. The summed E-state index contributed by atoms with van der Waals surface area (Å²) in [6.07, 6.45) is 3.27. The van der Waals surface area contributed by atoms with Crippen molar-refractivity contribution in [3.63, 3.8) is 0 Å². The van der Waals surface area contributed by atoms with Crippen LogP contribution in [-0.2, 0) is 17.3 Å². The van der Waals surface area contributed by atoms with Crippen LogP contribution in [0.4, 0.5) is 0 Å². The van der Waals surface area contributed by atoms with E-state index in [1.165, 1.54) is 10.5 Å². The number of hydrogen-bond donors (Lipinski definition) is 1. The molecule has 0 aliphatic heterocycles. The van der Waals surface area contributed by atoms with Crippen LogP contribution in [0, 0.1) is 0 Å². The van der Waals surface area contributed by atoms with E-state index in [2.05, 4.69) is 43.5 Å². The van der Waals surface area contributed by atoms with Gasteiger partial charge in [0.15, 0.2) is 16.4 Å². The lowest BCUT2D eigenvalue weighted by Crippen LogP contribution is -2.19. The third kappa shape index (κ3) is 3.48. The Hall–Kier alpha value is -1.61. The highest BCUT2D eigenvalue weighted by Crippen LogP contribution is 2.28. The van der Waals surface area contributed by atoms with Crippen molar-refractivity contribution in [2.45, 2.75) is 23.5 Å². The summed E-state index contributed by atoms with van der Waals surface area (Å²) in [7, 11) is 1.78. The molecule has 3 heteroatoms. The second kappa shape index (κ2) is 6.71. The summed E-state index contributed by atoms with van der Waals surface area (Å²) in [6, 6.07) is 16.2. The van der Waals surface area contributed by atoms with Crippen molar-refractivity contribution in [3.8, 4) is 11.5 Å². The number of phenols is 1. The second-order valence-corrected chi connectivity index (χ2v) is 7.28. The minimum Gasteiger partial charge on any atom is -0.504 e. The van der Waals surface area contributed by atoms with Gasteiger partial charge < -0.3 is 9.84 Å². The Bertz CT molecular complexity index is 554. The summed E-state index contributed by atoms with van der Waals surface area (Å²) < 4.78 is 5.16. The molecule has 0 saturated heterocycles. The van der Waals surface area contributed by atoms with Crippen LogP contribution >= 0.6 is 0 Å². The molecule has 0 bridgehead atoms. The van der Waals surface area contributed by atoms with Gasteiger partial charge in [-0.2, -0.15) is 0 Å². The first-order valence-electron chi connectivity index (χ1n) is 6.67. The van der Waals surface area contributed by atoms with Crippen LogP contribution in [-0.4, -0.2) is 23.7 Å². The minimum atomic E-state index is 0.197. The summed E-state index contributed by atoms with van der Waals surface area (Å²) in [5.41, 5.74) is 1.20. The van der Waals surface area contributed by atoms with Gasteiger partial charge in [-0.1, -0.05) is 24.3 Å². The van der Waals surface area contributed by atoms with Crippen molar-refractivity contribution in [3.05, 3.63) is 54.1 Å². The fraction of sp³-hybridized carbons (Fsp3) is 0.294. The van der Waals surface area contributed by atoms with E-state index < -0.39 is 0 Å². The van der Waals surface area contributed by atoms with Gasteiger partial charge in [-0.15, -0.1) is 0 Å². The van der Waals surface area contributed by atoms with Gasteiger partial charge in [0.25, 0.3) is 0 Å². The van der Waals surface area contributed by atoms with E-state index in [4.69, 9.17) is 4.74 Å². The third-order valence-corrected chi connectivity index (χ3v) is 5.88. The average molecular weight is 289 g/mol. The topological polar surface area (TPSA) is 29.5 Å². The van der Waals surface area contributed by atoms with Gasteiger partial charge in [0.1, 0.15) is 11.5 Å². The molecule has 2 aromatic carbocycles. The van der Waals surface area contributed by atoms with Gasteiger partial charge in [-0.05, 0) is 36.8 Å². The Kier molecular flexibility index (Phi) is 4.96. The van der Waals surface area contributed by atoms with Crippen LogP contribution in [0.25, 0.3) is 0 Å². The van der Waals surface area contributed by atoms with Crippen molar-refractivity contribution >= 4 is 10.9 Å². The maximum Gasteiger partial charge on any atom is 0.160 e. The molecule has 0 aromatic heterocycles. The first-order chi connectivity index (χ1) is 9.61. The quantitative estimate of drug-likeness (QED) is 0.852. The monoisotopic (exact) mass is 289 g/mol. The zero-order valence-corrected chi connectivity index (χ0v) is 13.0. The molecule has 2 unspecified atom stereocenters. The molecule has 2 aromatic rings. The third-order valence-electron chi connectivity index (χ3n) is 3.49. The van der Waals surface area contributed by atoms with Gasteiger partial charge in [-0.25, -0.2) is 0 Å². The van der Waals surface area contributed by atoms with Crippen molar-refractivity contribution in [2.75, 3.05) is 13.4 Å². The van der Waals surface area contributed by atoms with E-state index in [-0.39, 0.29) is 16.6 Å². The molecule has 20 heavy (non-hydrogen) atoms. The highest BCUT2D eigenvalue weighted by atomic mass is 32.2. The lowest BCUT2D eigenvalue weighted by atomic mass is 10.1. The van der Waals surface area contributed by atoms with Gasteiger partial charge in [0, 0.05) is 17.3 Å². The number of phenolic OH excluding ortho intramolecular Hbond substituents is 1. The molecule has 0 saturated carbocycles. The Morgan fingerprint density at radius 2 is 1.85 bits per heavy atom. The summed E-state index contributed by atoms with van der Waals surface area (Å²) in [6.45, 7) is 2.27. The SMILES string of the molecule is COc1cc(CC(C)[S+](C)c2ccccc2)ccc1O. The van der Waals surface area contributed by atoms with E-state index in [0.717, 1.165) is 6.42 Å². The molecule has 1 N–H and O–H groups in total. The van der Waals surface area contributed by atoms with E-state index >= 15 is 0 Å². The average Bonchev–Trinajstić information content (AvgIpc) is 2.49. The van der Waals surface area contributed by atoms with Gasteiger partial charge in [0.05, 0.1) is 7.11 Å². The zero-order valence-electron chi connectivity index (χ0n) is 12.2. The summed E-state index contributed by atoms with van der Waals surface area (Å²) >= 11 is 0. The highest BCUT2D eigenvalue weighted by Gasteiger charge is 2.24. The molecule has 0 spiro atoms. The molecule has 2 nitrogen and oxygen atoms in total. The van der Waals surface area contributed by atoms with Gasteiger partial charge in [-0.3, -0.25) is 0 Å². The van der Waals surface area contributed by atoms with Crippen LogP contribution in [0.1, 0.15) is 12.5 Å². The molecule has 2 atom stereocenters. The van der Waals surface area contributed by atoms with E-state index in [1.807, 2.05) is 12.1 Å². The molecule has 0 fully saturated rings. The highest BCUT2D eigenvalue weighted by molar-refractivity contribution is 7.96. The lowest BCUT2D eigenvalue weighted by molar-refractivity contribution is 0.373. The number of methoxy groups -OCH3 is 1.